The molecule has 1 saturated heterocycles. The quantitative estimate of drug-likeness (QED) is 0.712. The lowest BCUT2D eigenvalue weighted by atomic mass is 10.1. The predicted octanol–water partition coefficient (Wildman–Crippen LogP) is 0.742. The minimum Gasteiger partial charge on any atom is -0.328 e. The maximum absolute atomic E-state index is 11.8. The van der Waals surface area contributed by atoms with Crippen molar-refractivity contribution in [2.45, 2.75) is 25.8 Å². The predicted molar refractivity (Wildman–Crippen MR) is 57.4 cm³/mol. The van der Waals surface area contributed by atoms with Crippen molar-refractivity contribution in [1.29, 1.82) is 0 Å². The van der Waals surface area contributed by atoms with Gasteiger partial charge in [0.2, 0.25) is 0 Å². The molecule has 1 aliphatic rings. The van der Waals surface area contributed by atoms with E-state index in [0.717, 1.165) is 32.5 Å². The number of rotatable bonds is 2. The van der Waals surface area contributed by atoms with E-state index in [1.54, 1.807) is 4.90 Å². The summed E-state index contributed by atoms with van der Waals surface area (Å²) >= 11 is 0. The van der Waals surface area contributed by atoms with Crippen molar-refractivity contribution in [2.24, 2.45) is 0 Å². The molecule has 14 heavy (non-hydrogen) atoms. The van der Waals surface area contributed by atoms with E-state index in [1.165, 1.54) is 0 Å². The van der Waals surface area contributed by atoms with E-state index in [2.05, 4.69) is 5.32 Å². The number of carbonyl (C=O) groups is 1. The molecule has 1 rings (SSSR count). The van der Waals surface area contributed by atoms with Crippen molar-refractivity contribution in [3.05, 3.63) is 0 Å². The summed E-state index contributed by atoms with van der Waals surface area (Å²) < 4.78 is 0. The Morgan fingerprint density at radius 2 is 2.21 bits per heavy atom. The second-order valence-corrected chi connectivity index (χ2v) is 3.91. The van der Waals surface area contributed by atoms with Gasteiger partial charge in [-0.05, 0) is 26.3 Å². The molecule has 0 aromatic heterocycles. The first-order chi connectivity index (χ1) is 6.66. The van der Waals surface area contributed by atoms with Crippen LogP contribution in [0.4, 0.5) is 4.79 Å². The molecule has 0 aromatic rings. The fourth-order valence-electron chi connectivity index (χ4n) is 1.72. The Morgan fingerprint density at radius 1 is 1.50 bits per heavy atom. The number of likely N-dealkylation sites (N-methyl/N-ethyl adjacent to an activating group) is 1. The third-order valence-corrected chi connectivity index (χ3v) is 2.92. The summed E-state index contributed by atoms with van der Waals surface area (Å²) in [5.41, 5.74) is 0. The summed E-state index contributed by atoms with van der Waals surface area (Å²) in [6.45, 7) is 4.77. The van der Waals surface area contributed by atoms with Crippen LogP contribution in [0.25, 0.3) is 0 Å². The Kier molecular flexibility index (Phi) is 4.20. The molecule has 4 nitrogen and oxygen atoms in total. The Balaban J connectivity index is 2.45. The van der Waals surface area contributed by atoms with Crippen molar-refractivity contribution in [3.63, 3.8) is 0 Å². The number of piperidine rings is 1. The molecule has 0 radical (unpaired) electrons. The fourth-order valence-corrected chi connectivity index (χ4v) is 1.72. The number of urea groups is 1. The van der Waals surface area contributed by atoms with E-state index in [4.69, 9.17) is 0 Å². The van der Waals surface area contributed by atoms with Gasteiger partial charge in [0, 0.05) is 33.2 Å². The number of nitrogens with one attached hydrogen (secondary N) is 1. The average molecular weight is 199 g/mol. The van der Waals surface area contributed by atoms with Crippen LogP contribution in [0.2, 0.25) is 0 Å². The summed E-state index contributed by atoms with van der Waals surface area (Å²) in [5, 5.41) is 3.32. The second kappa shape index (κ2) is 5.20. The maximum Gasteiger partial charge on any atom is 0.319 e. The Labute approximate surface area is 86.2 Å². The number of hydrogen-bond acceptors (Lipinski definition) is 2. The van der Waals surface area contributed by atoms with E-state index < -0.39 is 0 Å². The molecule has 1 aliphatic heterocycles. The molecule has 1 heterocycles. The molecule has 0 aliphatic carbocycles. The van der Waals surface area contributed by atoms with Gasteiger partial charge in [-0.3, -0.25) is 0 Å². The lowest BCUT2D eigenvalue weighted by molar-refractivity contribution is 0.148. The van der Waals surface area contributed by atoms with Crippen LogP contribution in [0.1, 0.15) is 19.8 Å². The highest BCUT2D eigenvalue weighted by Crippen LogP contribution is 2.09. The third kappa shape index (κ3) is 2.61. The monoisotopic (exact) mass is 199 g/mol. The van der Waals surface area contributed by atoms with Crippen LogP contribution in [-0.2, 0) is 0 Å². The number of nitrogens with zero attached hydrogens (tertiary/aromatic N) is 2. The topological polar surface area (TPSA) is 35.6 Å². The van der Waals surface area contributed by atoms with Gasteiger partial charge >= 0.3 is 6.03 Å². The first-order valence-corrected chi connectivity index (χ1v) is 5.35. The minimum absolute atomic E-state index is 0.126. The molecular formula is C10H21N3O. The van der Waals surface area contributed by atoms with E-state index >= 15 is 0 Å². The zero-order valence-electron chi connectivity index (χ0n) is 9.42. The lowest BCUT2D eigenvalue weighted by Gasteiger charge is -2.34. The highest BCUT2D eigenvalue weighted by Gasteiger charge is 2.23. The summed E-state index contributed by atoms with van der Waals surface area (Å²) in [7, 11) is 3.74. The molecule has 0 aromatic carbocycles. The van der Waals surface area contributed by atoms with E-state index in [0.29, 0.717) is 6.04 Å². The highest BCUT2D eigenvalue weighted by molar-refractivity contribution is 5.74. The van der Waals surface area contributed by atoms with Crippen molar-refractivity contribution in [2.75, 3.05) is 33.7 Å². The molecule has 1 N–H and O–H groups in total. The number of hydrogen-bond donors (Lipinski definition) is 1. The summed E-state index contributed by atoms with van der Waals surface area (Å²) in [6, 6.07) is 0.492. The van der Waals surface area contributed by atoms with E-state index in [-0.39, 0.29) is 6.03 Å². The zero-order chi connectivity index (χ0) is 10.6. The Morgan fingerprint density at radius 3 is 2.71 bits per heavy atom. The molecule has 1 atom stereocenters. The van der Waals surface area contributed by atoms with Crippen LogP contribution in [0, 0.1) is 0 Å². The molecule has 0 bridgehead atoms. The normalized spacial score (nSPS) is 21.8. The summed E-state index contributed by atoms with van der Waals surface area (Å²) in [5.74, 6) is 0. The molecular weight excluding hydrogens is 178 g/mol. The lowest BCUT2D eigenvalue weighted by Crippen LogP contribution is -2.50. The average Bonchev–Trinajstić information content (AvgIpc) is 2.27. The van der Waals surface area contributed by atoms with Gasteiger partial charge in [-0.25, -0.2) is 4.79 Å². The van der Waals surface area contributed by atoms with Gasteiger partial charge in [-0.2, -0.15) is 0 Å². The zero-order valence-corrected chi connectivity index (χ0v) is 9.42. The third-order valence-electron chi connectivity index (χ3n) is 2.92. The van der Waals surface area contributed by atoms with Gasteiger partial charge in [0.15, 0.2) is 0 Å². The van der Waals surface area contributed by atoms with Gasteiger partial charge in [0.25, 0.3) is 0 Å². The van der Waals surface area contributed by atoms with Crippen LogP contribution in [-0.4, -0.2) is 55.6 Å². The van der Waals surface area contributed by atoms with Gasteiger partial charge in [-0.1, -0.05) is 0 Å². The molecule has 2 amide bonds. The summed E-state index contributed by atoms with van der Waals surface area (Å²) in [6.07, 6.45) is 2.28. The van der Waals surface area contributed by atoms with Crippen molar-refractivity contribution in [1.82, 2.24) is 15.1 Å². The molecule has 4 heteroatoms. The van der Waals surface area contributed by atoms with Crippen molar-refractivity contribution < 1.29 is 4.79 Å². The van der Waals surface area contributed by atoms with Gasteiger partial charge in [0.1, 0.15) is 0 Å². The van der Waals surface area contributed by atoms with Crippen LogP contribution in [0.3, 0.4) is 0 Å². The van der Waals surface area contributed by atoms with Gasteiger partial charge in [-0.15, -0.1) is 0 Å². The van der Waals surface area contributed by atoms with Crippen molar-refractivity contribution in [3.8, 4) is 0 Å². The summed E-state index contributed by atoms with van der Waals surface area (Å²) in [4.78, 5) is 15.4. The van der Waals surface area contributed by atoms with Gasteiger partial charge in [0.05, 0.1) is 0 Å². The second-order valence-electron chi connectivity index (χ2n) is 3.91. The SMILES string of the molecule is CCN(C)C(=O)N(C)C1CCCNC1. The molecule has 1 fully saturated rings. The van der Waals surface area contributed by atoms with Crippen LogP contribution < -0.4 is 5.32 Å². The first-order valence-electron chi connectivity index (χ1n) is 5.35. The Hall–Kier alpha value is -0.770. The smallest absolute Gasteiger partial charge is 0.319 e. The molecule has 0 saturated carbocycles. The standard InChI is InChI=1S/C10H21N3O/c1-4-12(2)10(14)13(3)9-6-5-7-11-8-9/h9,11H,4-8H2,1-3H3. The van der Waals surface area contributed by atoms with E-state index in [9.17, 15) is 4.79 Å². The largest absolute Gasteiger partial charge is 0.328 e. The molecule has 82 valence electrons. The van der Waals surface area contributed by atoms with E-state index in [1.807, 2.05) is 25.9 Å². The number of amides is 2. The fraction of sp³-hybridized carbons (Fsp3) is 0.900. The van der Waals surface area contributed by atoms with Crippen LogP contribution in [0.5, 0.6) is 0 Å². The van der Waals surface area contributed by atoms with Crippen LogP contribution in [0.15, 0.2) is 0 Å². The maximum atomic E-state index is 11.8. The molecule has 0 spiro atoms. The van der Waals surface area contributed by atoms with Crippen molar-refractivity contribution >= 4 is 6.03 Å². The highest BCUT2D eigenvalue weighted by atomic mass is 16.2. The van der Waals surface area contributed by atoms with Crippen LogP contribution >= 0.6 is 0 Å². The number of carbonyl (C=O) groups excluding carboxylic acids is 1. The Bertz CT molecular complexity index is 190. The molecule has 1 unspecified atom stereocenters. The van der Waals surface area contributed by atoms with Gasteiger partial charge < -0.3 is 15.1 Å². The first kappa shape index (κ1) is 11.3. The minimum atomic E-state index is 0.126.